The molecule has 7 aromatic heterocycles. The van der Waals surface area contributed by atoms with E-state index in [1.165, 1.54) is 0 Å². The molecule has 7 aromatic rings. The van der Waals surface area contributed by atoms with Gasteiger partial charge in [-0.3, -0.25) is 0 Å². The van der Waals surface area contributed by atoms with Gasteiger partial charge < -0.3 is 0 Å². The van der Waals surface area contributed by atoms with Gasteiger partial charge in [0.05, 0.1) is 0 Å². The molecule has 0 saturated carbocycles. The average Bonchev–Trinajstić information content (AvgIpc) is 3.12. The van der Waals surface area contributed by atoms with Crippen LogP contribution in [0, 0.1) is 0 Å². The van der Waals surface area contributed by atoms with Crippen molar-refractivity contribution in [1.82, 2.24) is 44.9 Å². The van der Waals surface area contributed by atoms with Crippen LogP contribution in [0.15, 0.2) is 146 Å². The van der Waals surface area contributed by atoms with Crippen molar-refractivity contribution >= 4 is 52.8 Å². The molecule has 0 atom stereocenters. The highest BCUT2D eigenvalue weighted by Crippen LogP contribution is 2.37. The van der Waals surface area contributed by atoms with E-state index in [0.717, 1.165) is 0 Å². The van der Waals surface area contributed by atoms with E-state index in [-0.39, 0.29) is 17.8 Å². The van der Waals surface area contributed by atoms with Crippen LogP contribution < -0.4 is 14.7 Å². The zero-order chi connectivity index (χ0) is 30.3. The van der Waals surface area contributed by atoms with Crippen LogP contribution in [0.2, 0.25) is 0 Å². The number of hydrogen-bond donors (Lipinski definition) is 0. The fourth-order valence-electron chi connectivity index (χ4n) is 4.53. The second-order valence-electron chi connectivity index (χ2n) is 9.37. The molecule has 7 rings (SSSR count). The molecular formula is C33H24N12. The molecule has 0 saturated heterocycles. The summed E-state index contributed by atoms with van der Waals surface area (Å²) in [6.45, 7) is 0. The van der Waals surface area contributed by atoms with Crippen molar-refractivity contribution in [1.29, 1.82) is 0 Å². The summed E-state index contributed by atoms with van der Waals surface area (Å²) >= 11 is 0. The molecule has 12 heteroatoms. The summed E-state index contributed by atoms with van der Waals surface area (Å²) in [5, 5.41) is 0. The summed E-state index contributed by atoms with van der Waals surface area (Å²) in [5.74, 6) is 4.11. The zero-order valence-electron chi connectivity index (χ0n) is 23.7. The molecule has 0 aromatic carbocycles. The Morgan fingerprint density at radius 2 is 0.467 bits per heavy atom. The summed E-state index contributed by atoms with van der Waals surface area (Å²) in [4.78, 5) is 48.1. The van der Waals surface area contributed by atoms with Gasteiger partial charge in [-0.2, -0.15) is 15.0 Å². The Kier molecular flexibility index (Phi) is 7.65. The molecule has 0 radical (unpaired) electrons. The van der Waals surface area contributed by atoms with Crippen molar-refractivity contribution in [2.24, 2.45) is 0 Å². The first kappa shape index (κ1) is 27.2. The smallest absolute Gasteiger partial charge is 0.243 e. The number of pyridine rings is 6. The third kappa shape index (κ3) is 5.83. The molecule has 0 aliphatic heterocycles. The molecule has 7 heterocycles. The minimum Gasteiger partial charge on any atom is -0.246 e. The standard InChI is InChI=1S/C33H24N12/c1-7-19-34-25(13-1)43(26-14-2-8-20-35-26)31-40-32(44(27-15-3-9-21-36-27)28-16-4-10-22-37-28)42-33(41-31)45(29-17-5-11-23-38-29)30-18-6-12-24-39-30/h1-24H. The Morgan fingerprint density at radius 3 is 0.622 bits per heavy atom. The number of nitrogens with zero attached hydrogens (tertiary/aromatic N) is 12. The molecule has 0 aliphatic carbocycles. The molecule has 0 spiro atoms. The lowest BCUT2D eigenvalue weighted by Gasteiger charge is -2.27. The minimum atomic E-state index is 0.251. The van der Waals surface area contributed by atoms with E-state index in [1.54, 1.807) is 51.9 Å². The van der Waals surface area contributed by atoms with Crippen molar-refractivity contribution < 1.29 is 0 Å². The van der Waals surface area contributed by atoms with E-state index >= 15 is 0 Å². The van der Waals surface area contributed by atoms with E-state index in [1.807, 2.05) is 109 Å². The van der Waals surface area contributed by atoms with Crippen LogP contribution in [0.5, 0.6) is 0 Å². The van der Waals surface area contributed by atoms with Crippen molar-refractivity contribution in [2.75, 3.05) is 14.7 Å². The maximum atomic E-state index is 5.01. The highest BCUT2D eigenvalue weighted by Gasteiger charge is 2.27. The zero-order valence-corrected chi connectivity index (χ0v) is 23.7. The lowest BCUT2D eigenvalue weighted by Crippen LogP contribution is -2.24. The quantitative estimate of drug-likeness (QED) is 0.179. The number of rotatable bonds is 9. The second kappa shape index (κ2) is 12.7. The highest BCUT2D eigenvalue weighted by atomic mass is 15.4. The van der Waals surface area contributed by atoms with E-state index in [2.05, 4.69) is 29.9 Å². The van der Waals surface area contributed by atoms with Crippen molar-refractivity contribution in [3.63, 3.8) is 0 Å². The molecule has 0 unspecified atom stereocenters. The van der Waals surface area contributed by atoms with E-state index in [4.69, 9.17) is 15.0 Å². The Morgan fingerprint density at radius 1 is 0.267 bits per heavy atom. The SMILES string of the molecule is c1ccc(N(c2ccccn2)c2nc(N(c3ccccn3)c3ccccn3)nc(N(c3ccccn3)c3ccccn3)n2)nc1. The van der Waals surface area contributed by atoms with Crippen molar-refractivity contribution in [2.45, 2.75) is 0 Å². The normalized spacial score (nSPS) is 10.7. The van der Waals surface area contributed by atoms with Gasteiger partial charge in [-0.15, -0.1) is 0 Å². The van der Waals surface area contributed by atoms with Gasteiger partial charge in [-0.05, 0) is 72.8 Å². The molecule has 0 N–H and O–H groups in total. The lowest BCUT2D eigenvalue weighted by molar-refractivity contribution is 0.926. The Balaban J connectivity index is 1.52. The van der Waals surface area contributed by atoms with Crippen LogP contribution in [-0.2, 0) is 0 Å². The van der Waals surface area contributed by atoms with E-state index in [9.17, 15) is 0 Å². The third-order valence-corrected chi connectivity index (χ3v) is 6.47. The predicted molar refractivity (Wildman–Crippen MR) is 171 cm³/mol. The topological polar surface area (TPSA) is 126 Å². The molecule has 0 bridgehead atoms. The average molecular weight is 589 g/mol. The van der Waals surface area contributed by atoms with Crippen molar-refractivity contribution in [3.8, 4) is 0 Å². The summed E-state index contributed by atoms with van der Waals surface area (Å²) in [6, 6.07) is 33.6. The van der Waals surface area contributed by atoms with Crippen molar-refractivity contribution in [3.05, 3.63) is 146 Å². The molecule has 216 valence electrons. The molecule has 0 fully saturated rings. The molecular weight excluding hydrogens is 564 g/mol. The Labute approximate surface area is 258 Å². The summed E-state index contributed by atoms with van der Waals surface area (Å²) < 4.78 is 0. The second-order valence-corrected chi connectivity index (χ2v) is 9.37. The summed E-state index contributed by atoms with van der Waals surface area (Å²) in [5.41, 5.74) is 0. The van der Waals surface area contributed by atoms with Gasteiger partial charge in [0.2, 0.25) is 17.8 Å². The maximum absolute atomic E-state index is 5.01. The molecule has 45 heavy (non-hydrogen) atoms. The van der Waals surface area contributed by atoms with Crippen LogP contribution in [0.3, 0.4) is 0 Å². The van der Waals surface area contributed by atoms with Gasteiger partial charge in [-0.25, -0.2) is 44.6 Å². The fourth-order valence-corrected chi connectivity index (χ4v) is 4.53. The van der Waals surface area contributed by atoms with Gasteiger partial charge in [0.15, 0.2) is 0 Å². The largest absolute Gasteiger partial charge is 0.246 e. The lowest BCUT2D eigenvalue weighted by atomic mass is 10.3. The monoisotopic (exact) mass is 588 g/mol. The molecule has 0 aliphatic rings. The van der Waals surface area contributed by atoms with Crippen LogP contribution in [0.25, 0.3) is 0 Å². The maximum Gasteiger partial charge on any atom is 0.243 e. The number of aromatic nitrogens is 9. The summed E-state index contributed by atoms with van der Waals surface area (Å²) in [6.07, 6.45) is 10.2. The van der Waals surface area contributed by atoms with Crippen LogP contribution in [-0.4, -0.2) is 44.9 Å². The molecule has 0 amide bonds. The van der Waals surface area contributed by atoms with Gasteiger partial charge in [0, 0.05) is 37.2 Å². The number of hydrogen-bond acceptors (Lipinski definition) is 12. The molecule has 12 nitrogen and oxygen atoms in total. The first-order valence-corrected chi connectivity index (χ1v) is 14.0. The van der Waals surface area contributed by atoms with Gasteiger partial charge in [0.25, 0.3) is 0 Å². The summed E-state index contributed by atoms with van der Waals surface area (Å²) in [7, 11) is 0. The van der Waals surface area contributed by atoms with E-state index in [0.29, 0.717) is 34.9 Å². The highest BCUT2D eigenvalue weighted by molar-refractivity contribution is 5.75. The van der Waals surface area contributed by atoms with Crippen LogP contribution in [0.4, 0.5) is 52.8 Å². The number of anilines is 9. The fraction of sp³-hybridized carbons (Fsp3) is 0. The van der Waals surface area contributed by atoms with Gasteiger partial charge in [0.1, 0.15) is 34.9 Å². The minimum absolute atomic E-state index is 0.251. The Bertz CT molecular complexity index is 1590. The predicted octanol–water partition coefficient (Wildman–Crippen LogP) is 6.65. The van der Waals surface area contributed by atoms with E-state index < -0.39 is 0 Å². The first-order chi connectivity index (χ1) is 22.3. The van der Waals surface area contributed by atoms with Crippen LogP contribution in [0.1, 0.15) is 0 Å². The first-order valence-electron chi connectivity index (χ1n) is 14.0. The van der Waals surface area contributed by atoms with Gasteiger partial charge >= 0.3 is 0 Å². The van der Waals surface area contributed by atoms with Gasteiger partial charge in [-0.1, -0.05) is 36.4 Å². The third-order valence-electron chi connectivity index (χ3n) is 6.47. The Hall–Kier alpha value is -6.69. The van der Waals surface area contributed by atoms with Crippen LogP contribution >= 0.6 is 0 Å².